The van der Waals surface area contributed by atoms with E-state index in [4.69, 9.17) is 10.9 Å². The lowest BCUT2D eigenvalue weighted by Crippen LogP contribution is -2.13. The van der Waals surface area contributed by atoms with Crippen LogP contribution in [0.15, 0.2) is 35.5 Å². The summed E-state index contributed by atoms with van der Waals surface area (Å²) >= 11 is 2.12. The Morgan fingerprint density at radius 2 is 2.06 bits per heavy atom. The third kappa shape index (κ3) is 2.58. The van der Waals surface area contributed by atoms with Crippen LogP contribution in [-0.4, -0.2) is 18.2 Å². The molecule has 0 amide bonds. The quantitative estimate of drug-likeness (QED) is 0.605. The van der Waals surface area contributed by atoms with Crippen molar-refractivity contribution in [2.45, 2.75) is 4.90 Å². The van der Waals surface area contributed by atoms with E-state index >= 15 is 0 Å². The summed E-state index contributed by atoms with van der Waals surface area (Å²) < 4.78 is 24.8. The first-order chi connectivity index (χ1) is 7.88. The van der Waals surface area contributed by atoms with Crippen LogP contribution >= 0.6 is 22.6 Å². The molecule has 1 heterocycles. The maximum Gasteiger partial charge on any atom is 0.238 e. The van der Waals surface area contributed by atoms with E-state index in [2.05, 4.69) is 27.7 Å². The smallest absolute Gasteiger partial charge is 0.238 e. The predicted octanol–water partition coefficient (Wildman–Crippen LogP) is 0.706. The van der Waals surface area contributed by atoms with Crippen LogP contribution in [0.1, 0.15) is 0 Å². The molecule has 0 radical (unpaired) electrons. The molecule has 0 unspecified atom stereocenters. The van der Waals surface area contributed by atoms with Gasteiger partial charge in [-0.2, -0.15) is 5.10 Å². The first-order valence-electron chi connectivity index (χ1n) is 4.51. The molecule has 0 aliphatic rings. The highest BCUT2D eigenvalue weighted by molar-refractivity contribution is 14.1. The fraction of sp³-hybridized carbons (Fsp3) is 0. The molecule has 4 N–H and O–H groups in total. The van der Waals surface area contributed by atoms with Gasteiger partial charge in [-0.05, 0) is 40.8 Å². The van der Waals surface area contributed by atoms with Crippen molar-refractivity contribution in [3.63, 3.8) is 0 Å². The maximum atomic E-state index is 11.1. The number of nitrogens with zero attached hydrogens (tertiary/aromatic N) is 2. The molecule has 0 saturated carbocycles. The van der Waals surface area contributed by atoms with Crippen molar-refractivity contribution in [3.8, 4) is 5.69 Å². The first-order valence-corrected chi connectivity index (χ1v) is 7.13. The third-order valence-corrected chi connectivity index (χ3v) is 3.59. The van der Waals surface area contributed by atoms with Gasteiger partial charge in [-0.3, -0.25) is 0 Å². The summed E-state index contributed by atoms with van der Waals surface area (Å²) in [5, 5.41) is 9.10. The van der Waals surface area contributed by atoms with Gasteiger partial charge >= 0.3 is 0 Å². The number of rotatable bonds is 2. The molecule has 0 bridgehead atoms. The van der Waals surface area contributed by atoms with Crippen LogP contribution in [0.25, 0.3) is 5.69 Å². The first kappa shape index (κ1) is 12.3. The number of benzene rings is 1. The maximum absolute atomic E-state index is 11.1. The molecule has 0 atom stereocenters. The Hall–Kier alpha value is -1.13. The van der Waals surface area contributed by atoms with Gasteiger partial charge in [0.1, 0.15) is 0 Å². The average Bonchev–Trinajstić information content (AvgIpc) is 2.63. The molecular weight excluding hydrogens is 355 g/mol. The number of aromatic nitrogens is 2. The minimum atomic E-state index is -3.73. The summed E-state index contributed by atoms with van der Waals surface area (Å²) in [6.45, 7) is 0. The topological polar surface area (TPSA) is 104 Å². The Morgan fingerprint density at radius 3 is 2.53 bits per heavy atom. The number of halogens is 1. The van der Waals surface area contributed by atoms with E-state index in [0.717, 1.165) is 3.57 Å². The van der Waals surface area contributed by atoms with Gasteiger partial charge < -0.3 is 5.73 Å². The molecule has 17 heavy (non-hydrogen) atoms. The summed E-state index contributed by atoms with van der Waals surface area (Å²) in [6.07, 6.45) is 3.45. The van der Waals surface area contributed by atoms with Crippen LogP contribution in [-0.2, 0) is 10.0 Å². The average molecular weight is 364 g/mol. The van der Waals surface area contributed by atoms with Gasteiger partial charge in [0, 0.05) is 6.20 Å². The van der Waals surface area contributed by atoms with E-state index in [0.29, 0.717) is 11.4 Å². The summed E-state index contributed by atoms with van der Waals surface area (Å²) in [7, 11) is -3.73. The fourth-order valence-corrected chi connectivity index (χ4v) is 2.29. The second-order valence-electron chi connectivity index (χ2n) is 3.37. The van der Waals surface area contributed by atoms with Gasteiger partial charge in [0.15, 0.2) is 0 Å². The van der Waals surface area contributed by atoms with Gasteiger partial charge in [0.2, 0.25) is 10.0 Å². The number of anilines is 1. The van der Waals surface area contributed by atoms with Crippen molar-refractivity contribution in [2.75, 3.05) is 5.73 Å². The van der Waals surface area contributed by atoms with Gasteiger partial charge in [-0.1, -0.05) is 0 Å². The molecular formula is C9H9IN4O2S. The molecule has 90 valence electrons. The number of nitrogens with two attached hydrogens (primary N) is 2. The highest BCUT2D eigenvalue weighted by atomic mass is 127. The molecule has 6 nitrogen and oxygen atoms in total. The van der Waals surface area contributed by atoms with Crippen LogP contribution in [0.4, 0.5) is 5.69 Å². The van der Waals surface area contributed by atoms with Crippen molar-refractivity contribution >= 4 is 38.3 Å². The molecule has 0 fully saturated rings. The van der Waals surface area contributed by atoms with Crippen LogP contribution in [0.5, 0.6) is 0 Å². The summed E-state index contributed by atoms with van der Waals surface area (Å²) in [6, 6.07) is 4.28. The molecule has 0 aliphatic carbocycles. The highest BCUT2D eigenvalue weighted by Gasteiger charge is 2.11. The van der Waals surface area contributed by atoms with Crippen molar-refractivity contribution in [2.24, 2.45) is 5.14 Å². The zero-order valence-electron chi connectivity index (χ0n) is 8.54. The molecule has 1 aromatic carbocycles. The minimum absolute atomic E-state index is 0.0133. The Balaban J connectivity index is 2.53. The fourth-order valence-electron chi connectivity index (χ4n) is 1.35. The van der Waals surface area contributed by atoms with Crippen molar-refractivity contribution in [1.82, 2.24) is 9.78 Å². The van der Waals surface area contributed by atoms with Gasteiger partial charge in [-0.25, -0.2) is 18.2 Å². The lowest BCUT2D eigenvalue weighted by atomic mass is 10.3. The second-order valence-corrected chi connectivity index (χ2v) is 6.18. The molecule has 2 aromatic rings. The Labute approximate surface area is 112 Å². The molecule has 8 heteroatoms. The number of hydrogen-bond donors (Lipinski definition) is 2. The van der Waals surface area contributed by atoms with E-state index in [-0.39, 0.29) is 4.90 Å². The van der Waals surface area contributed by atoms with E-state index in [1.54, 1.807) is 23.1 Å². The zero-order chi connectivity index (χ0) is 12.6. The Morgan fingerprint density at radius 1 is 1.35 bits per heavy atom. The summed E-state index contributed by atoms with van der Waals surface area (Å²) in [4.78, 5) is -0.0133. The van der Waals surface area contributed by atoms with Crippen molar-refractivity contribution in [1.29, 1.82) is 0 Å². The number of sulfonamides is 1. The van der Waals surface area contributed by atoms with Crippen LogP contribution in [0.3, 0.4) is 0 Å². The lowest BCUT2D eigenvalue weighted by Gasteiger charge is -2.07. The normalized spacial score (nSPS) is 11.6. The van der Waals surface area contributed by atoms with Crippen molar-refractivity contribution < 1.29 is 8.42 Å². The van der Waals surface area contributed by atoms with Crippen LogP contribution in [0.2, 0.25) is 0 Å². The standard InChI is InChI=1S/C9H9IN4O2S/c10-6-4-13-14(5-6)9-2-1-7(3-8(9)11)17(12,15)16/h1-5H,11H2,(H2,12,15,16). The third-order valence-electron chi connectivity index (χ3n) is 2.13. The van der Waals surface area contributed by atoms with Gasteiger partial charge in [0.05, 0.1) is 26.0 Å². The SMILES string of the molecule is Nc1cc(S(N)(=O)=O)ccc1-n1cc(I)cn1. The van der Waals surface area contributed by atoms with E-state index < -0.39 is 10.0 Å². The lowest BCUT2D eigenvalue weighted by molar-refractivity contribution is 0.598. The number of nitrogen functional groups attached to an aromatic ring is 1. The monoisotopic (exact) mass is 364 g/mol. The number of hydrogen-bond acceptors (Lipinski definition) is 4. The Bertz CT molecular complexity index is 665. The number of primary sulfonamides is 1. The van der Waals surface area contributed by atoms with E-state index in [1.807, 2.05) is 0 Å². The Kier molecular flexibility index (Phi) is 3.10. The summed E-state index contributed by atoms with van der Waals surface area (Å²) in [5.41, 5.74) is 6.69. The predicted molar refractivity (Wildman–Crippen MR) is 72.1 cm³/mol. The highest BCUT2D eigenvalue weighted by Crippen LogP contribution is 2.21. The largest absolute Gasteiger partial charge is 0.397 e. The molecule has 0 spiro atoms. The minimum Gasteiger partial charge on any atom is -0.397 e. The van der Waals surface area contributed by atoms with Crippen molar-refractivity contribution in [3.05, 3.63) is 34.2 Å². The van der Waals surface area contributed by atoms with Gasteiger partial charge in [-0.15, -0.1) is 0 Å². The summed E-state index contributed by atoms with van der Waals surface area (Å²) in [5.74, 6) is 0. The molecule has 1 aromatic heterocycles. The van der Waals surface area contributed by atoms with Crippen LogP contribution < -0.4 is 10.9 Å². The van der Waals surface area contributed by atoms with E-state index in [1.165, 1.54) is 12.1 Å². The van der Waals surface area contributed by atoms with E-state index in [9.17, 15) is 8.42 Å². The van der Waals surface area contributed by atoms with Crippen LogP contribution in [0, 0.1) is 3.57 Å². The second kappa shape index (κ2) is 4.27. The molecule has 0 saturated heterocycles. The van der Waals surface area contributed by atoms with Gasteiger partial charge in [0.25, 0.3) is 0 Å². The zero-order valence-corrected chi connectivity index (χ0v) is 11.5. The molecule has 0 aliphatic heterocycles. The molecule has 2 rings (SSSR count).